The maximum absolute atomic E-state index is 13.9. The van der Waals surface area contributed by atoms with Gasteiger partial charge in [-0.05, 0) is 6.07 Å². The molecule has 10 heteroatoms. The molecule has 0 bridgehead atoms. The van der Waals surface area contributed by atoms with E-state index in [9.17, 15) is 9.18 Å². The van der Waals surface area contributed by atoms with E-state index >= 15 is 0 Å². The third kappa shape index (κ3) is 2.65. The first-order valence-corrected chi connectivity index (χ1v) is 9.58. The van der Waals surface area contributed by atoms with Gasteiger partial charge in [0, 0.05) is 49.5 Å². The van der Waals surface area contributed by atoms with Crippen molar-refractivity contribution >= 4 is 39.5 Å². The molecule has 1 aromatic carbocycles. The lowest BCUT2D eigenvalue weighted by molar-refractivity contribution is 0.333. The van der Waals surface area contributed by atoms with Gasteiger partial charge in [0.2, 0.25) is 5.95 Å². The number of halogens is 2. The molecule has 150 valence electrons. The van der Waals surface area contributed by atoms with E-state index in [1.165, 1.54) is 4.57 Å². The Labute approximate surface area is 169 Å². The summed E-state index contributed by atoms with van der Waals surface area (Å²) in [6.45, 7) is 0.425. The van der Waals surface area contributed by atoms with Crippen LogP contribution in [0.5, 0.6) is 0 Å². The summed E-state index contributed by atoms with van der Waals surface area (Å²) in [5.41, 5.74) is 8.14. The molecular weight excluding hydrogens is 397 g/mol. The number of rotatable bonds is 2. The second-order valence-electron chi connectivity index (χ2n) is 7.45. The van der Waals surface area contributed by atoms with Gasteiger partial charge in [-0.2, -0.15) is 10.1 Å². The number of anilines is 1. The van der Waals surface area contributed by atoms with Crippen LogP contribution in [0.15, 0.2) is 29.3 Å². The molecule has 5 rings (SSSR count). The maximum atomic E-state index is 13.9. The third-order valence-electron chi connectivity index (χ3n) is 5.49. The van der Waals surface area contributed by atoms with Crippen LogP contribution >= 0.6 is 11.6 Å². The molecule has 29 heavy (non-hydrogen) atoms. The number of fused-ring (bicyclic) bond motifs is 2. The average molecular weight is 416 g/mol. The summed E-state index contributed by atoms with van der Waals surface area (Å²) in [5, 5.41) is 6.12. The van der Waals surface area contributed by atoms with Crippen LogP contribution in [0.3, 0.4) is 0 Å². The van der Waals surface area contributed by atoms with E-state index in [-0.39, 0.29) is 12.1 Å². The van der Waals surface area contributed by atoms with Crippen molar-refractivity contribution in [1.82, 2.24) is 24.3 Å². The van der Waals surface area contributed by atoms with Crippen LogP contribution in [-0.4, -0.2) is 49.6 Å². The molecule has 1 aliphatic heterocycles. The van der Waals surface area contributed by atoms with Crippen molar-refractivity contribution < 1.29 is 4.39 Å². The molecule has 0 amide bonds. The van der Waals surface area contributed by atoms with Crippen molar-refractivity contribution in [2.45, 2.75) is 12.2 Å². The Hall–Kier alpha value is -2.91. The van der Waals surface area contributed by atoms with Gasteiger partial charge in [-0.15, -0.1) is 0 Å². The van der Waals surface area contributed by atoms with Gasteiger partial charge in [-0.25, -0.2) is 4.39 Å². The molecule has 1 aliphatic rings. The molecule has 3 aromatic heterocycles. The molecule has 4 heterocycles. The first-order valence-electron chi connectivity index (χ1n) is 9.20. The summed E-state index contributed by atoms with van der Waals surface area (Å²) in [7, 11) is 3.46. The van der Waals surface area contributed by atoms with E-state index in [0.29, 0.717) is 34.1 Å². The highest BCUT2D eigenvalue weighted by Crippen LogP contribution is 2.36. The quantitative estimate of drug-likeness (QED) is 0.521. The molecule has 8 nitrogen and oxygen atoms in total. The summed E-state index contributed by atoms with van der Waals surface area (Å²) >= 11 is 6.65. The fourth-order valence-electron chi connectivity index (χ4n) is 3.98. The predicted molar refractivity (Wildman–Crippen MR) is 111 cm³/mol. The van der Waals surface area contributed by atoms with Gasteiger partial charge in [-0.3, -0.25) is 14.0 Å². The zero-order valence-corrected chi connectivity index (χ0v) is 16.6. The van der Waals surface area contributed by atoms with Crippen molar-refractivity contribution in [3.05, 3.63) is 39.9 Å². The van der Waals surface area contributed by atoms with Crippen molar-refractivity contribution in [1.29, 1.82) is 0 Å². The van der Waals surface area contributed by atoms with Gasteiger partial charge in [0.25, 0.3) is 5.56 Å². The normalized spacial score (nSPS) is 19.7. The van der Waals surface area contributed by atoms with E-state index in [2.05, 4.69) is 15.1 Å². The van der Waals surface area contributed by atoms with Gasteiger partial charge in [-0.1, -0.05) is 17.7 Å². The minimum atomic E-state index is -1.15. The summed E-state index contributed by atoms with van der Waals surface area (Å²) in [4.78, 5) is 22.5. The van der Waals surface area contributed by atoms with Crippen LogP contribution in [0.4, 0.5) is 10.3 Å². The standard InChI is InChI=1S/C19H19ClFN7O/c1-26-6-11-14(25-26)4-3-9(16(11)20)10-5-23-17-15(10)18(29)27(2)19(24-17)28-7-12(21)13(22)8-28/h3-6,12-13,23H,7-8,22H2,1-2H3/t12-,13-/m0/s1. The van der Waals surface area contributed by atoms with Gasteiger partial charge in [0.15, 0.2) is 0 Å². The number of benzene rings is 1. The first-order chi connectivity index (χ1) is 13.8. The molecule has 4 aromatic rings. The van der Waals surface area contributed by atoms with Crippen LogP contribution < -0.4 is 16.2 Å². The largest absolute Gasteiger partial charge is 0.345 e. The van der Waals surface area contributed by atoms with Crippen LogP contribution in [0.1, 0.15) is 0 Å². The van der Waals surface area contributed by atoms with Crippen LogP contribution in [0, 0.1) is 0 Å². The Morgan fingerprint density at radius 1 is 1.28 bits per heavy atom. The minimum Gasteiger partial charge on any atom is -0.345 e. The maximum Gasteiger partial charge on any atom is 0.264 e. The zero-order chi connectivity index (χ0) is 20.4. The number of hydrogen-bond donors (Lipinski definition) is 2. The Bertz CT molecular complexity index is 1310. The van der Waals surface area contributed by atoms with Crippen LogP contribution in [-0.2, 0) is 14.1 Å². The summed E-state index contributed by atoms with van der Waals surface area (Å²) in [6, 6.07) is 3.13. The number of nitrogens with zero attached hydrogens (tertiary/aromatic N) is 5. The fraction of sp³-hybridized carbons (Fsp3) is 0.316. The van der Waals surface area contributed by atoms with Crippen LogP contribution in [0.25, 0.3) is 33.1 Å². The van der Waals surface area contributed by atoms with Crippen molar-refractivity contribution in [3.8, 4) is 11.1 Å². The molecule has 0 radical (unpaired) electrons. The average Bonchev–Trinajstić information content (AvgIpc) is 3.36. The first kappa shape index (κ1) is 18.1. The molecule has 2 atom stereocenters. The number of nitrogens with one attached hydrogen (secondary N) is 1. The number of alkyl halides is 1. The lowest BCUT2D eigenvalue weighted by Crippen LogP contribution is -2.32. The highest BCUT2D eigenvalue weighted by atomic mass is 35.5. The SMILES string of the molecule is Cn1cc2c(Cl)c(-c3c[nH]c4nc(N5C[C@H](N)[C@@H](F)C5)n(C)c(=O)c34)ccc2n1. The second kappa shape index (κ2) is 6.30. The molecule has 0 aliphatic carbocycles. The van der Waals surface area contributed by atoms with E-state index in [1.54, 1.807) is 22.8 Å². The predicted octanol–water partition coefficient (Wildman–Crippen LogP) is 1.95. The number of nitrogens with two attached hydrogens (primary N) is 1. The Balaban J connectivity index is 1.69. The monoisotopic (exact) mass is 415 g/mol. The molecule has 0 unspecified atom stereocenters. The zero-order valence-electron chi connectivity index (χ0n) is 15.9. The molecule has 3 N–H and O–H groups in total. The van der Waals surface area contributed by atoms with Gasteiger partial charge in [0.05, 0.1) is 28.5 Å². The Morgan fingerprint density at radius 2 is 2.07 bits per heavy atom. The lowest BCUT2D eigenvalue weighted by Gasteiger charge is -2.19. The van der Waals surface area contributed by atoms with Gasteiger partial charge in [0.1, 0.15) is 11.8 Å². The smallest absolute Gasteiger partial charge is 0.264 e. The number of aromatic nitrogens is 5. The third-order valence-corrected chi connectivity index (χ3v) is 5.90. The van der Waals surface area contributed by atoms with Crippen molar-refractivity contribution in [2.75, 3.05) is 18.0 Å². The highest BCUT2D eigenvalue weighted by molar-refractivity contribution is 6.38. The molecule has 1 saturated heterocycles. The highest BCUT2D eigenvalue weighted by Gasteiger charge is 2.32. The summed E-state index contributed by atoms with van der Waals surface area (Å²) < 4.78 is 17.0. The topological polar surface area (TPSA) is 97.8 Å². The van der Waals surface area contributed by atoms with Crippen molar-refractivity contribution in [3.63, 3.8) is 0 Å². The molecular formula is C19H19ClFN7O. The van der Waals surface area contributed by atoms with Gasteiger partial charge < -0.3 is 15.6 Å². The second-order valence-corrected chi connectivity index (χ2v) is 7.83. The van der Waals surface area contributed by atoms with E-state index in [0.717, 1.165) is 16.5 Å². The minimum absolute atomic E-state index is 0.115. The summed E-state index contributed by atoms with van der Waals surface area (Å²) in [6.07, 6.45) is 2.42. The van der Waals surface area contributed by atoms with Crippen LogP contribution in [0.2, 0.25) is 5.02 Å². The molecule has 0 saturated carbocycles. The van der Waals surface area contributed by atoms with Crippen molar-refractivity contribution in [2.24, 2.45) is 19.8 Å². The number of aryl methyl sites for hydroxylation is 1. The lowest BCUT2D eigenvalue weighted by atomic mass is 10.0. The van der Waals surface area contributed by atoms with E-state index in [4.69, 9.17) is 17.3 Å². The van der Waals surface area contributed by atoms with E-state index in [1.807, 2.05) is 25.4 Å². The fourth-order valence-corrected chi connectivity index (χ4v) is 4.30. The summed E-state index contributed by atoms with van der Waals surface area (Å²) in [5.74, 6) is 0.389. The Morgan fingerprint density at radius 3 is 2.79 bits per heavy atom. The van der Waals surface area contributed by atoms with Gasteiger partial charge >= 0.3 is 0 Å². The molecule has 0 spiro atoms. The Kier molecular flexibility index (Phi) is 3.94. The number of aromatic amines is 1. The van der Waals surface area contributed by atoms with E-state index < -0.39 is 12.2 Å². The number of hydrogen-bond acceptors (Lipinski definition) is 5. The molecule has 1 fully saturated rings. The number of H-pyrrole nitrogens is 1.